The van der Waals surface area contributed by atoms with Gasteiger partial charge in [-0.2, -0.15) is 0 Å². The first kappa shape index (κ1) is 11.5. The van der Waals surface area contributed by atoms with Crippen LogP contribution in [0.25, 0.3) is 23.5 Å². The zero-order chi connectivity index (χ0) is 13.1. The molecule has 3 heterocycles. The molecule has 0 saturated heterocycles. The molecule has 0 amide bonds. The Morgan fingerprint density at radius 2 is 1.84 bits per heavy atom. The number of hydrogen-bond acceptors (Lipinski definition) is 3. The number of pyridine rings is 1. The predicted molar refractivity (Wildman–Crippen MR) is 74.3 cm³/mol. The van der Waals surface area contributed by atoms with Crippen LogP contribution < -0.4 is 0 Å². The lowest BCUT2D eigenvalue weighted by atomic mass is 10.1. The molecular formula is C16H13NO2. The van der Waals surface area contributed by atoms with Crippen molar-refractivity contribution in [2.45, 2.75) is 6.92 Å². The Hall–Kier alpha value is -2.55. The molecule has 0 spiro atoms. The van der Waals surface area contributed by atoms with Crippen LogP contribution in [0.5, 0.6) is 0 Å². The van der Waals surface area contributed by atoms with Gasteiger partial charge in [-0.05, 0) is 55.5 Å². The van der Waals surface area contributed by atoms with Gasteiger partial charge < -0.3 is 8.83 Å². The summed E-state index contributed by atoms with van der Waals surface area (Å²) in [5, 5.41) is 0. The first-order valence-electron chi connectivity index (χ1n) is 6.05. The minimum absolute atomic E-state index is 0.808. The van der Waals surface area contributed by atoms with Gasteiger partial charge in [-0.1, -0.05) is 0 Å². The zero-order valence-corrected chi connectivity index (χ0v) is 10.5. The van der Waals surface area contributed by atoms with E-state index in [2.05, 4.69) is 4.98 Å². The monoisotopic (exact) mass is 251 g/mol. The summed E-state index contributed by atoms with van der Waals surface area (Å²) < 4.78 is 10.7. The Labute approximate surface area is 111 Å². The summed E-state index contributed by atoms with van der Waals surface area (Å²) in [5.41, 5.74) is 2.85. The molecule has 0 aliphatic carbocycles. The van der Waals surface area contributed by atoms with Crippen molar-refractivity contribution >= 4 is 12.2 Å². The van der Waals surface area contributed by atoms with E-state index in [1.807, 2.05) is 55.5 Å². The summed E-state index contributed by atoms with van der Waals surface area (Å²) in [6, 6.07) is 11.6. The third-order valence-electron chi connectivity index (χ3n) is 2.74. The van der Waals surface area contributed by atoms with E-state index in [-0.39, 0.29) is 0 Å². The van der Waals surface area contributed by atoms with Crippen molar-refractivity contribution in [2.75, 3.05) is 0 Å². The summed E-state index contributed by atoms with van der Waals surface area (Å²) in [5.74, 6) is 1.65. The second-order valence-corrected chi connectivity index (χ2v) is 4.25. The van der Waals surface area contributed by atoms with Crippen LogP contribution in [0.1, 0.15) is 17.1 Å². The van der Waals surface area contributed by atoms with Crippen molar-refractivity contribution < 1.29 is 8.83 Å². The summed E-state index contributed by atoms with van der Waals surface area (Å²) in [7, 11) is 0. The van der Waals surface area contributed by atoms with E-state index in [0.717, 1.165) is 28.5 Å². The molecule has 3 heteroatoms. The average molecular weight is 251 g/mol. The van der Waals surface area contributed by atoms with Crippen LogP contribution in [0, 0.1) is 6.92 Å². The Bertz CT molecular complexity index is 680. The molecule has 0 aliphatic rings. The molecule has 94 valence electrons. The predicted octanol–water partition coefficient (Wildman–Crippen LogP) is 4.41. The fraction of sp³-hybridized carbons (Fsp3) is 0.0625. The van der Waals surface area contributed by atoms with Crippen molar-refractivity contribution in [3.63, 3.8) is 0 Å². The van der Waals surface area contributed by atoms with Crippen LogP contribution in [0.4, 0.5) is 0 Å². The van der Waals surface area contributed by atoms with Crippen LogP contribution in [0.15, 0.2) is 57.8 Å². The van der Waals surface area contributed by atoms with Gasteiger partial charge in [0, 0.05) is 11.3 Å². The van der Waals surface area contributed by atoms with Crippen LogP contribution in [-0.4, -0.2) is 4.98 Å². The zero-order valence-electron chi connectivity index (χ0n) is 10.5. The fourth-order valence-corrected chi connectivity index (χ4v) is 1.92. The highest BCUT2D eigenvalue weighted by atomic mass is 16.3. The highest BCUT2D eigenvalue weighted by Gasteiger charge is 2.03. The van der Waals surface area contributed by atoms with Gasteiger partial charge in [-0.3, -0.25) is 4.98 Å². The molecule has 0 fully saturated rings. The number of rotatable bonds is 3. The number of hydrogen-bond donors (Lipinski definition) is 0. The van der Waals surface area contributed by atoms with Gasteiger partial charge in [-0.25, -0.2) is 0 Å². The number of furan rings is 2. The molecule has 19 heavy (non-hydrogen) atoms. The van der Waals surface area contributed by atoms with Crippen molar-refractivity contribution in [1.29, 1.82) is 0 Å². The lowest BCUT2D eigenvalue weighted by molar-refractivity contribution is 0.557. The molecule has 0 aliphatic heterocycles. The Morgan fingerprint density at radius 3 is 2.58 bits per heavy atom. The first-order chi connectivity index (χ1) is 9.31. The number of nitrogens with zero attached hydrogens (tertiary/aromatic N) is 1. The second kappa shape index (κ2) is 4.98. The van der Waals surface area contributed by atoms with Gasteiger partial charge in [0.05, 0.1) is 18.2 Å². The fourth-order valence-electron chi connectivity index (χ4n) is 1.92. The van der Waals surface area contributed by atoms with Crippen LogP contribution in [0.2, 0.25) is 0 Å². The SMILES string of the molecule is Cc1cc(-c2ccco2)cc(C=Cc2ccco2)n1. The first-order valence-corrected chi connectivity index (χ1v) is 6.05. The second-order valence-electron chi connectivity index (χ2n) is 4.25. The van der Waals surface area contributed by atoms with E-state index in [4.69, 9.17) is 8.83 Å². The van der Waals surface area contributed by atoms with Crippen LogP contribution in [-0.2, 0) is 0 Å². The average Bonchev–Trinajstić information content (AvgIpc) is 3.09. The maximum atomic E-state index is 5.41. The van der Waals surface area contributed by atoms with Gasteiger partial charge in [0.1, 0.15) is 11.5 Å². The summed E-state index contributed by atoms with van der Waals surface area (Å²) in [6.07, 6.45) is 7.15. The van der Waals surface area contributed by atoms with E-state index in [0.29, 0.717) is 0 Å². The van der Waals surface area contributed by atoms with Crippen molar-refractivity contribution in [2.24, 2.45) is 0 Å². The van der Waals surface area contributed by atoms with E-state index < -0.39 is 0 Å². The molecule has 3 rings (SSSR count). The number of aryl methyl sites for hydroxylation is 1. The molecule has 3 aromatic rings. The van der Waals surface area contributed by atoms with Gasteiger partial charge in [0.15, 0.2) is 0 Å². The normalized spacial score (nSPS) is 11.2. The topological polar surface area (TPSA) is 39.2 Å². The standard InChI is InChI=1S/C16H13NO2/c1-12-10-13(16-5-3-9-19-16)11-14(17-12)6-7-15-4-2-8-18-15/h2-11H,1H3. The maximum absolute atomic E-state index is 5.41. The Kier molecular flexibility index (Phi) is 3.02. The van der Waals surface area contributed by atoms with E-state index >= 15 is 0 Å². The number of aromatic nitrogens is 1. The molecule has 0 bridgehead atoms. The minimum atomic E-state index is 0.808. The molecule has 0 aromatic carbocycles. The molecule has 0 atom stereocenters. The van der Waals surface area contributed by atoms with Gasteiger partial charge in [0.25, 0.3) is 0 Å². The molecule has 0 N–H and O–H groups in total. The Balaban J connectivity index is 1.94. The van der Waals surface area contributed by atoms with Crippen molar-refractivity contribution in [3.8, 4) is 11.3 Å². The third kappa shape index (κ3) is 2.65. The summed E-state index contributed by atoms with van der Waals surface area (Å²) in [6.45, 7) is 1.97. The van der Waals surface area contributed by atoms with Crippen LogP contribution in [0.3, 0.4) is 0 Å². The van der Waals surface area contributed by atoms with E-state index in [1.54, 1.807) is 12.5 Å². The van der Waals surface area contributed by atoms with Crippen molar-refractivity contribution in [1.82, 2.24) is 4.98 Å². The largest absolute Gasteiger partial charge is 0.465 e. The lowest BCUT2D eigenvalue weighted by Gasteiger charge is -2.01. The lowest BCUT2D eigenvalue weighted by Crippen LogP contribution is -1.87. The van der Waals surface area contributed by atoms with Gasteiger partial charge in [0.2, 0.25) is 0 Å². The van der Waals surface area contributed by atoms with E-state index in [9.17, 15) is 0 Å². The highest BCUT2D eigenvalue weighted by Crippen LogP contribution is 2.22. The Morgan fingerprint density at radius 1 is 1.00 bits per heavy atom. The van der Waals surface area contributed by atoms with Crippen LogP contribution >= 0.6 is 0 Å². The highest BCUT2D eigenvalue weighted by molar-refractivity contribution is 5.69. The smallest absolute Gasteiger partial charge is 0.133 e. The molecule has 0 unspecified atom stereocenters. The minimum Gasteiger partial charge on any atom is -0.465 e. The molecule has 3 nitrogen and oxygen atoms in total. The quantitative estimate of drug-likeness (QED) is 0.692. The third-order valence-corrected chi connectivity index (χ3v) is 2.74. The summed E-state index contributed by atoms with van der Waals surface area (Å²) in [4.78, 5) is 4.47. The van der Waals surface area contributed by atoms with Gasteiger partial charge >= 0.3 is 0 Å². The molecule has 0 saturated carbocycles. The van der Waals surface area contributed by atoms with E-state index in [1.165, 1.54) is 0 Å². The maximum Gasteiger partial charge on any atom is 0.133 e. The molecule has 0 radical (unpaired) electrons. The molecular weight excluding hydrogens is 238 g/mol. The molecule has 3 aromatic heterocycles. The van der Waals surface area contributed by atoms with Gasteiger partial charge in [-0.15, -0.1) is 0 Å². The van der Waals surface area contributed by atoms with Crippen molar-refractivity contribution in [3.05, 3.63) is 66.1 Å². The summed E-state index contributed by atoms with van der Waals surface area (Å²) >= 11 is 0.